The van der Waals surface area contributed by atoms with Crippen molar-refractivity contribution in [2.75, 3.05) is 0 Å². The highest BCUT2D eigenvalue weighted by atomic mass is 16.5. The van der Waals surface area contributed by atoms with Gasteiger partial charge in [-0.3, -0.25) is 14.3 Å². The van der Waals surface area contributed by atoms with Crippen LogP contribution in [0.25, 0.3) is 5.69 Å². The molecule has 0 N–H and O–H groups in total. The van der Waals surface area contributed by atoms with Gasteiger partial charge in [-0.2, -0.15) is 0 Å². The Labute approximate surface area is 190 Å². The first-order valence-corrected chi connectivity index (χ1v) is 11.3. The third-order valence-electron chi connectivity index (χ3n) is 5.83. The second-order valence-electron chi connectivity index (χ2n) is 9.16. The van der Waals surface area contributed by atoms with Crippen LogP contribution < -0.4 is 5.56 Å². The van der Waals surface area contributed by atoms with Crippen LogP contribution in [0.4, 0.5) is 0 Å². The molecule has 5 nitrogen and oxygen atoms in total. The SMILES string of the molecule is CC(C)Cc1ccc(C(C)C(=O)OCc2c(C(C)C)c(=O)n(-c3ccccc3)n2C)cc1. The molecule has 0 bridgehead atoms. The minimum atomic E-state index is -0.376. The molecular formula is C27H34N2O3. The molecule has 5 heteroatoms. The fourth-order valence-electron chi connectivity index (χ4n) is 4.09. The lowest BCUT2D eigenvalue weighted by Gasteiger charge is -2.15. The van der Waals surface area contributed by atoms with Gasteiger partial charge in [0.25, 0.3) is 5.56 Å². The Balaban J connectivity index is 1.80. The first-order valence-electron chi connectivity index (χ1n) is 11.3. The molecular weight excluding hydrogens is 400 g/mol. The molecule has 3 rings (SSSR count). The number of para-hydroxylation sites is 1. The van der Waals surface area contributed by atoms with Crippen molar-refractivity contribution < 1.29 is 9.53 Å². The number of hydrogen-bond acceptors (Lipinski definition) is 3. The molecule has 32 heavy (non-hydrogen) atoms. The number of carbonyl (C=O) groups is 1. The number of aromatic nitrogens is 2. The van der Waals surface area contributed by atoms with Gasteiger partial charge < -0.3 is 4.74 Å². The lowest BCUT2D eigenvalue weighted by Crippen LogP contribution is -2.21. The fraction of sp³-hybridized carbons (Fsp3) is 0.407. The van der Waals surface area contributed by atoms with Gasteiger partial charge in [0.15, 0.2) is 0 Å². The molecule has 0 spiro atoms. The molecule has 1 unspecified atom stereocenters. The molecule has 1 atom stereocenters. The van der Waals surface area contributed by atoms with Gasteiger partial charge >= 0.3 is 5.97 Å². The quantitative estimate of drug-likeness (QED) is 0.450. The second-order valence-corrected chi connectivity index (χ2v) is 9.16. The Hall–Kier alpha value is -3.08. The molecule has 2 aromatic carbocycles. The van der Waals surface area contributed by atoms with Crippen molar-refractivity contribution in [3.8, 4) is 5.69 Å². The maximum absolute atomic E-state index is 13.2. The van der Waals surface area contributed by atoms with Gasteiger partial charge in [0.1, 0.15) is 6.61 Å². The van der Waals surface area contributed by atoms with Crippen LogP contribution in [0, 0.1) is 5.92 Å². The van der Waals surface area contributed by atoms with E-state index in [0.717, 1.165) is 23.4 Å². The Bertz CT molecular complexity index is 1110. The van der Waals surface area contributed by atoms with Gasteiger partial charge in [-0.1, -0.05) is 70.2 Å². The number of esters is 1. The molecule has 0 aliphatic rings. The zero-order valence-electron chi connectivity index (χ0n) is 20.0. The minimum Gasteiger partial charge on any atom is -0.459 e. The average molecular weight is 435 g/mol. The molecule has 0 saturated heterocycles. The third-order valence-corrected chi connectivity index (χ3v) is 5.83. The van der Waals surface area contributed by atoms with Crippen molar-refractivity contribution in [3.05, 3.63) is 87.3 Å². The zero-order valence-corrected chi connectivity index (χ0v) is 20.0. The van der Waals surface area contributed by atoms with Crippen molar-refractivity contribution in [1.82, 2.24) is 9.36 Å². The highest BCUT2D eigenvalue weighted by Gasteiger charge is 2.24. The third kappa shape index (κ3) is 5.04. The largest absolute Gasteiger partial charge is 0.459 e. The first-order chi connectivity index (χ1) is 15.2. The monoisotopic (exact) mass is 434 g/mol. The molecule has 1 heterocycles. The van der Waals surface area contributed by atoms with Crippen LogP contribution in [0.15, 0.2) is 59.4 Å². The predicted octanol–water partition coefficient (Wildman–Crippen LogP) is 5.34. The van der Waals surface area contributed by atoms with E-state index in [0.29, 0.717) is 11.5 Å². The smallest absolute Gasteiger partial charge is 0.313 e. The van der Waals surface area contributed by atoms with Crippen LogP contribution in [0.2, 0.25) is 0 Å². The van der Waals surface area contributed by atoms with Crippen LogP contribution in [0.5, 0.6) is 0 Å². The summed E-state index contributed by atoms with van der Waals surface area (Å²) in [7, 11) is 1.83. The maximum Gasteiger partial charge on any atom is 0.313 e. The highest BCUT2D eigenvalue weighted by Crippen LogP contribution is 2.22. The number of ether oxygens (including phenoxy) is 1. The molecule has 170 valence electrons. The molecule has 3 aromatic rings. The second kappa shape index (κ2) is 10.0. The van der Waals surface area contributed by atoms with E-state index in [1.807, 2.05) is 70.3 Å². The number of nitrogens with zero attached hydrogens (tertiary/aromatic N) is 2. The summed E-state index contributed by atoms with van der Waals surface area (Å²) in [5.74, 6) is -0.0680. The highest BCUT2D eigenvalue weighted by molar-refractivity contribution is 5.77. The van der Waals surface area contributed by atoms with E-state index < -0.39 is 0 Å². The van der Waals surface area contributed by atoms with Gasteiger partial charge in [0, 0.05) is 12.6 Å². The zero-order chi connectivity index (χ0) is 23.4. The summed E-state index contributed by atoms with van der Waals surface area (Å²) in [4.78, 5) is 26.0. The summed E-state index contributed by atoms with van der Waals surface area (Å²) in [5, 5.41) is 0. The molecule has 1 aromatic heterocycles. The molecule has 0 aliphatic carbocycles. The standard InChI is InChI=1S/C27H34N2O3/c1-18(2)16-21-12-14-22(15-13-21)20(5)27(31)32-17-24-25(19(3)4)26(30)29(28(24)6)23-10-8-7-9-11-23/h7-15,18-20H,16-17H2,1-6H3. The van der Waals surface area contributed by atoms with E-state index in [2.05, 4.69) is 26.0 Å². The van der Waals surface area contributed by atoms with Gasteiger partial charge in [-0.15, -0.1) is 0 Å². The van der Waals surface area contributed by atoms with E-state index in [9.17, 15) is 9.59 Å². The van der Waals surface area contributed by atoms with Gasteiger partial charge in [-0.05, 0) is 48.4 Å². The number of benzene rings is 2. The number of carbonyl (C=O) groups excluding carboxylic acids is 1. The van der Waals surface area contributed by atoms with Gasteiger partial charge in [-0.25, -0.2) is 4.68 Å². The van der Waals surface area contributed by atoms with Gasteiger partial charge in [0.05, 0.1) is 17.3 Å². The predicted molar refractivity (Wildman–Crippen MR) is 128 cm³/mol. The summed E-state index contributed by atoms with van der Waals surface area (Å²) >= 11 is 0. The molecule has 0 fully saturated rings. The summed E-state index contributed by atoms with van der Waals surface area (Å²) < 4.78 is 9.13. The number of hydrogen-bond donors (Lipinski definition) is 0. The van der Waals surface area contributed by atoms with E-state index >= 15 is 0 Å². The first kappa shape index (κ1) is 23.6. The van der Waals surface area contributed by atoms with Crippen molar-refractivity contribution in [2.24, 2.45) is 13.0 Å². The van der Waals surface area contributed by atoms with Crippen molar-refractivity contribution in [1.29, 1.82) is 0 Å². The van der Waals surface area contributed by atoms with Crippen LogP contribution in [-0.2, 0) is 29.6 Å². The van der Waals surface area contributed by atoms with E-state index in [1.54, 1.807) is 9.36 Å². The van der Waals surface area contributed by atoms with E-state index in [-0.39, 0.29) is 30.0 Å². The van der Waals surface area contributed by atoms with Crippen molar-refractivity contribution in [2.45, 2.75) is 59.5 Å². The van der Waals surface area contributed by atoms with Crippen LogP contribution in [-0.4, -0.2) is 15.3 Å². The Morgan fingerprint density at radius 2 is 1.56 bits per heavy atom. The Morgan fingerprint density at radius 1 is 0.938 bits per heavy atom. The summed E-state index contributed by atoms with van der Waals surface area (Å²) in [6, 6.07) is 17.7. The Morgan fingerprint density at radius 3 is 2.12 bits per heavy atom. The minimum absolute atomic E-state index is 0.0123. The maximum atomic E-state index is 13.2. The summed E-state index contributed by atoms with van der Waals surface area (Å²) in [6.45, 7) is 10.3. The average Bonchev–Trinajstić information content (AvgIpc) is 3.01. The van der Waals surface area contributed by atoms with E-state index in [4.69, 9.17) is 4.74 Å². The lowest BCUT2D eigenvalue weighted by molar-refractivity contribution is -0.146. The number of rotatable bonds is 8. The fourth-order valence-corrected chi connectivity index (χ4v) is 4.09. The summed E-state index contributed by atoms with van der Waals surface area (Å²) in [6.07, 6.45) is 1.02. The van der Waals surface area contributed by atoms with Crippen LogP contribution in [0.1, 0.15) is 68.8 Å². The van der Waals surface area contributed by atoms with Crippen molar-refractivity contribution in [3.63, 3.8) is 0 Å². The topological polar surface area (TPSA) is 53.2 Å². The molecule has 0 saturated carbocycles. The molecule has 0 aliphatic heterocycles. The van der Waals surface area contributed by atoms with E-state index in [1.165, 1.54) is 5.56 Å². The molecule has 0 amide bonds. The molecule has 0 radical (unpaired) electrons. The van der Waals surface area contributed by atoms with Gasteiger partial charge in [0.2, 0.25) is 0 Å². The van der Waals surface area contributed by atoms with Crippen LogP contribution in [0.3, 0.4) is 0 Å². The lowest BCUT2D eigenvalue weighted by atomic mass is 9.97. The van der Waals surface area contributed by atoms with Crippen LogP contribution >= 0.6 is 0 Å². The summed E-state index contributed by atoms with van der Waals surface area (Å²) in [5.41, 5.74) is 4.31. The van der Waals surface area contributed by atoms with Crippen molar-refractivity contribution >= 4 is 5.97 Å². The Kier molecular flexibility index (Phi) is 7.39. The normalized spacial score (nSPS) is 12.4.